The van der Waals surface area contributed by atoms with E-state index in [-0.39, 0.29) is 5.56 Å². The number of nitrogens with one attached hydrogen (secondary N) is 1. The van der Waals surface area contributed by atoms with Crippen LogP contribution in [0.3, 0.4) is 0 Å². The second-order valence-electron chi connectivity index (χ2n) is 5.05. The summed E-state index contributed by atoms with van der Waals surface area (Å²) in [6.07, 6.45) is 2.51. The third-order valence-electron chi connectivity index (χ3n) is 3.16. The van der Waals surface area contributed by atoms with Crippen molar-refractivity contribution in [1.82, 2.24) is 10.2 Å². The lowest BCUT2D eigenvalue weighted by atomic mass is 10.2. The van der Waals surface area contributed by atoms with Crippen LogP contribution in [0, 0.1) is 0 Å². The molecule has 1 rings (SSSR count). The van der Waals surface area contributed by atoms with Gasteiger partial charge in [-0.3, -0.25) is 19.7 Å². The Hall–Kier alpha value is -2.37. The minimum absolute atomic E-state index is 0.283. The van der Waals surface area contributed by atoms with Gasteiger partial charge in [0.15, 0.2) is 0 Å². The third kappa shape index (κ3) is 5.20. The van der Waals surface area contributed by atoms with Gasteiger partial charge in [0.2, 0.25) is 0 Å². The summed E-state index contributed by atoms with van der Waals surface area (Å²) in [6, 6.07) is 6.13. The smallest absolute Gasteiger partial charge is 0.316 e. The average Bonchev–Trinajstić information content (AvgIpc) is 2.51. The van der Waals surface area contributed by atoms with Crippen molar-refractivity contribution in [3.8, 4) is 0 Å². The summed E-state index contributed by atoms with van der Waals surface area (Å²) in [6.45, 7) is 4.97. The summed E-state index contributed by atoms with van der Waals surface area (Å²) in [5, 5.41) is 2.12. The minimum Gasteiger partial charge on any atom is -0.399 e. The van der Waals surface area contributed by atoms with Crippen LogP contribution < -0.4 is 11.1 Å². The molecule has 0 fully saturated rings. The molecular weight excluding hydrogens is 282 g/mol. The molecule has 0 spiro atoms. The van der Waals surface area contributed by atoms with Crippen LogP contribution in [0.15, 0.2) is 24.3 Å². The number of nitrogens with zero attached hydrogens (tertiary/aromatic N) is 1. The SMILES string of the molecule is CCCCN(CCC)C(=O)C(=O)NC(=O)c1ccc(N)cc1. The summed E-state index contributed by atoms with van der Waals surface area (Å²) >= 11 is 0. The predicted octanol–water partition coefficient (Wildman–Crippen LogP) is 1.56. The van der Waals surface area contributed by atoms with Crippen LogP contribution in [0.2, 0.25) is 0 Å². The van der Waals surface area contributed by atoms with Gasteiger partial charge in [-0.25, -0.2) is 0 Å². The minimum atomic E-state index is -0.897. The van der Waals surface area contributed by atoms with Crippen molar-refractivity contribution < 1.29 is 14.4 Å². The second-order valence-corrected chi connectivity index (χ2v) is 5.05. The summed E-state index contributed by atoms with van der Waals surface area (Å²) in [7, 11) is 0. The predicted molar refractivity (Wildman–Crippen MR) is 85.1 cm³/mol. The molecule has 0 aromatic heterocycles. The fourth-order valence-electron chi connectivity index (χ4n) is 1.94. The molecule has 0 saturated heterocycles. The highest BCUT2D eigenvalue weighted by Crippen LogP contribution is 2.05. The van der Waals surface area contributed by atoms with E-state index in [2.05, 4.69) is 5.32 Å². The Morgan fingerprint density at radius 1 is 1.05 bits per heavy atom. The molecule has 1 aromatic carbocycles. The summed E-state index contributed by atoms with van der Waals surface area (Å²) in [5.41, 5.74) is 6.34. The number of hydrogen-bond acceptors (Lipinski definition) is 4. The molecule has 0 unspecified atom stereocenters. The van der Waals surface area contributed by atoms with E-state index >= 15 is 0 Å². The number of hydrogen-bond donors (Lipinski definition) is 2. The molecule has 0 aliphatic carbocycles. The maximum atomic E-state index is 12.1. The van der Waals surface area contributed by atoms with E-state index in [1.165, 1.54) is 17.0 Å². The highest BCUT2D eigenvalue weighted by molar-refractivity contribution is 6.38. The van der Waals surface area contributed by atoms with Gasteiger partial charge in [0.25, 0.3) is 5.91 Å². The van der Waals surface area contributed by atoms with Crippen molar-refractivity contribution in [2.24, 2.45) is 0 Å². The lowest BCUT2D eigenvalue weighted by Crippen LogP contribution is -2.45. The van der Waals surface area contributed by atoms with Crippen molar-refractivity contribution in [1.29, 1.82) is 0 Å². The number of unbranched alkanes of at least 4 members (excludes halogenated alkanes) is 1. The number of rotatable bonds is 6. The van der Waals surface area contributed by atoms with E-state index < -0.39 is 17.7 Å². The number of nitrogen functional groups attached to an aromatic ring is 1. The van der Waals surface area contributed by atoms with Gasteiger partial charge in [-0.15, -0.1) is 0 Å². The average molecular weight is 305 g/mol. The first-order valence-corrected chi connectivity index (χ1v) is 7.49. The number of benzene rings is 1. The van der Waals surface area contributed by atoms with E-state index in [4.69, 9.17) is 5.73 Å². The van der Waals surface area contributed by atoms with Crippen molar-refractivity contribution in [3.63, 3.8) is 0 Å². The number of nitrogens with two attached hydrogens (primary N) is 1. The first-order chi connectivity index (χ1) is 10.5. The quantitative estimate of drug-likeness (QED) is 0.616. The molecule has 22 heavy (non-hydrogen) atoms. The van der Waals surface area contributed by atoms with Gasteiger partial charge in [-0.05, 0) is 37.1 Å². The van der Waals surface area contributed by atoms with Crippen LogP contribution in [-0.2, 0) is 9.59 Å². The molecule has 1 aromatic rings. The summed E-state index contributed by atoms with van der Waals surface area (Å²) in [5.74, 6) is -2.17. The van der Waals surface area contributed by atoms with E-state index in [9.17, 15) is 14.4 Å². The van der Waals surface area contributed by atoms with Gasteiger partial charge >= 0.3 is 11.8 Å². The van der Waals surface area contributed by atoms with Crippen molar-refractivity contribution in [2.75, 3.05) is 18.8 Å². The maximum absolute atomic E-state index is 12.1. The molecule has 3 N–H and O–H groups in total. The van der Waals surface area contributed by atoms with Crippen molar-refractivity contribution in [3.05, 3.63) is 29.8 Å². The molecule has 0 saturated carbocycles. The van der Waals surface area contributed by atoms with E-state index in [0.29, 0.717) is 18.8 Å². The Morgan fingerprint density at radius 2 is 1.68 bits per heavy atom. The molecule has 0 heterocycles. The number of amides is 3. The van der Waals surface area contributed by atoms with Crippen LogP contribution in [0.1, 0.15) is 43.5 Å². The topological polar surface area (TPSA) is 92.5 Å². The molecule has 120 valence electrons. The number of imide groups is 1. The molecule has 0 aliphatic heterocycles. The number of anilines is 1. The number of carbonyl (C=O) groups is 3. The Bertz CT molecular complexity index is 526. The third-order valence-corrected chi connectivity index (χ3v) is 3.16. The first kappa shape index (κ1) is 17.7. The zero-order valence-electron chi connectivity index (χ0n) is 13.1. The molecular formula is C16H23N3O3. The Labute approximate surface area is 130 Å². The van der Waals surface area contributed by atoms with Gasteiger partial charge in [0, 0.05) is 24.3 Å². The molecule has 6 heteroatoms. The van der Waals surface area contributed by atoms with Gasteiger partial charge in [0.05, 0.1) is 0 Å². The van der Waals surface area contributed by atoms with Crippen LogP contribution in [0.25, 0.3) is 0 Å². The lowest BCUT2D eigenvalue weighted by molar-refractivity contribution is -0.145. The summed E-state index contributed by atoms with van der Waals surface area (Å²) in [4.78, 5) is 37.4. The van der Waals surface area contributed by atoms with E-state index in [1.54, 1.807) is 12.1 Å². The van der Waals surface area contributed by atoms with Crippen molar-refractivity contribution >= 4 is 23.4 Å². The van der Waals surface area contributed by atoms with Gasteiger partial charge in [-0.2, -0.15) is 0 Å². The van der Waals surface area contributed by atoms with Gasteiger partial charge in [0.1, 0.15) is 0 Å². The standard InChI is InChI=1S/C16H23N3O3/c1-3-5-11-19(10-4-2)16(22)15(21)18-14(20)12-6-8-13(17)9-7-12/h6-9H,3-5,10-11,17H2,1-2H3,(H,18,20,21). The highest BCUT2D eigenvalue weighted by atomic mass is 16.2. The van der Waals surface area contributed by atoms with Crippen molar-refractivity contribution in [2.45, 2.75) is 33.1 Å². The molecule has 0 atom stereocenters. The maximum Gasteiger partial charge on any atom is 0.316 e. The monoisotopic (exact) mass is 305 g/mol. The molecule has 0 aliphatic rings. The molecule has 6 nitrogen and oxygen atoms in total. The molecule has 3 amide bonds. The van der Waals surface area contributed by atoms with E-state index in [1.807, 2.05) is 13.8 Å². The molecule has 0 radical (unpaired) electrons. The normalized spacial score (nSPS) is 10.1. The molecule has 0 bridgehead atoms. The fourth-order valence-corrected chi connectivity index (χ4v) is 1.94. The largest absolute Gasteiger partial charge is 0.399 e. The second kappa shape index (κ2) is 8.81. The Kier molecular flexibility index (Phi) is 7.08. The van der Waals surface area contributed by atoms with Crippen LogP contribution in [0.4, 0.5) is 5.69 Å². The van der Waals surface area contributed by atoms with Gasteiger partial charge < -0.3 is 10.6 Å². The van der Waals surface area contributed by atoms with E-state index in [0.717, 1.165) is 19.3 Å². The Morgan fingerprint density at radius 3 is 2.23 bits per heavy atom. The summed E-state index contributed by atoms with van der Waals surface area (Å²) < 4.78 is 0. The van der Waals surface area contributed by atoms with Crippen LogP contribution >= 0.6 is 0 Å². The zero-order chi connectivity index (χ0) is 16.5. The highest BCUT2D eigenvalue weighted by Gasteiger charge is 2.23. The van der Waals surface area contributed by atoms with Crippen LogP contribution in [-0.4, -0.2) is 35.7 Å². The van der Waals surface area contributed by atoms with Gasteiger partial charge in [-0.1, -0.05) is 20.3 Å². The zero-order valence-corrected chi connectivity index (χ0v) is 13.1. The van der Waals surface area contributed by atoms with Crippen LogP contribution in [0.5, 0.6) is 0 Å². The Balaban J connectivity index is 2.66. The number of carbonyl (C=O) groups excluding carboxylic acids is 3. The fraction of sp³-hybridized carbons (Fsp3) is 0.438. The first-order valence-electron chi connectivity index (χ1n) is 7.49. The lowest BCUT2D eigenvalue weighted by Gasteiger charge is -2.20.